The fourth-order valence-electron chi connectivity index (χ4n) is 5.50. The molecule has 0 aromatic carbocycles. The number of carbonyl (C=O) groups is 1. The van der Waals surface area contributed by atoms with Crippen molar-refractivity contribution in [2.24, 2.45) is 0 Å². The molecule has 3 aliphatic rings. The molecule has 2 aromatic heterocycles. The minimum Gasteiger partial charge on any atom is -0.453 e. The van der Waals surface area contributed by atoms with Crippen LogP contribution < -0.4 is 10.2 Å². The zero-order chi connectivity index (χ0) is 22.9. The van der Waals surface area contributed by atoms with E-state index in [1.54, 1.807) is 0 Å². The molecule has 5 rings (SSSR count). The Labute approximate surface area is 194 Å². The van der Waals surface area contributed by atoms with E-state index in [-0.39, 0.29) is 30.3 Å². The third-order valence-electron chi connectivity index (χ3n) is 7.15. The fourth-order valence-corrected chi connectivity index (χ4v) is 5.50. The lowest BCUT2D eigenvalue weighted by atomic mass is 9.81. The molecule has 2 aromatic rings. The maximum atomic E-state index is 12.4. The summed E-state index contributed by atoms with van der Waals surface area (Å²) in [6.07, 6.45) is 6.73. The predicted octanol–water partition coefficient (Wildman–Crippen LogP) is 3.69. The van der Waals surface area contributed by atoms with E-state index in [4.69, 9.17) is 19.4 Å². The zero-order valence-electron chi connectivity index (χ0n) is 19.6. The maximum absolute atomic E-state index is 12.4. The highest BCUT2D eigenvalue weighted by atomic mass is 16.5. The van der Waals surface area contributed by atoms with Crippen LogP contribution in [0.1, 0.15) is 62.4 Å². The van der Waals surface area contributed by atoms with Crippen LogP contribution in [-0.2, 0) is 9.47 Å². The lowest BCUT2D eigenvalue weighted by molar-refractivity contribution is 0.0260. The number of nitrogens with one attached hydrogen (secondary N) is 2. The molecule has 2 N–H and O–H groups in total. The number of anilines is 3. The topological polar surface area (TPSA) is 109 Å². The van der Waals surface area contributed by atoms with E-state index in [1.807, 2.05) is 24.0 Å². The molecular weight excluding hydrogens is 422 g/mol. The molecule has 0 radical (unpaired) electrons. The third-order valence-corrected chi connectivity index (χ3v) is 7.15. The van der Waals surface area contributed by atoms with E-state index in [2.05, 4.69) is 27.5 Å². The monoisotopic (exact) mass is 455 g/mol. The maximum Gasteiger partial charge on any atom is 0.409 e. The Balaban J connectivity index is 1.40. The first-order chi connectivity index (χ1) is 16.0. The molecule has 3 aliphatic heterocycles. The van der Waals surface area contributed by atoms with E-state index in [0.29, 0.717) is 11.8 Å². The minimum atomic E-state index is -0.205. The van der Waals surface area contributed by atoms with E-state index >= 15 is 0 Å². The number of H-pyrrole nitrogens is 1. The summed E-state index contributed by atoms with van der Waals surface area (Å²) < 4.78 is 11.0. The predicted molar refractivity (Wildman–Crippen MR) is 124 cm³/mol. The first-order valence-corrected chi connectivity index (χ1v) is 11.9. The average Bonchev–Trinajstić information content (AvgIpc) is 3.49. The zero-order valence-corrected chi connectivity index (χ0v) is 19.6. The summed E-state index contributed by atoms with van der Waals surface area (Å²) in [5.74, 6) is 2.10. The van der Waals surface area contributed by atoms with Crippen LogP contribution in [0.2, 0.25) is 0 Å². The fraction of sp³-hybridized carbons (Fsp3) is 0.652. The van der Waals surface area contributed by atoms with Gasteiger partial charge in [0.1, 0.15) is 5.82 Å². The lowest BCUT2D eigenvalue weighted by Gasteiger charge is -2.49. The van der Waals surface area contributed by atoms with E-state index in [0.717, 1.165) is 68.8 Å². The van der Waals surface area contributed by atoms with Crippen LogP contribution in [0.15, 0.2) is 12.1 Å². The van der Waals surface area contributed by atoms with Gasteiger partial charge in [-0.15, -0.1) is 0 Å². The number of fused-ring (bicyclic) bond motifs is 2. The standard InChI is InChI=1S/C23H33N7O3/c1-14-10-21(28-27-14)25-20-13-18(19-8-5-9-33-19)24-22(26-20)29(2)17-11-15-6-4-7-16(12-17)30(15)23(31)32-3/h10,13,15-17,19H,4-9,11-12H2,1-3H3,(H2,24,25,26,27,28)/t15-,16+,17?,19?. The number of nitrogens with zero attached hydrogens (tertiary/aromatic N) is 5. The van der Waals surface area contributed by atoms with Crippen LogP contribution >= 0.6 is 0 Å². The third kappa shape index (κ3) is 4.48. The second kappa shape index (κ2) is 9.17. The summed E-state index contributed by atoms with van der Waals surface area (Å²) in [7, 11) is 3.53. The highest BCUT2D eigenvalue weighted by molar-refractivity contribution is 5.68. The van der Waals surface area contributed by atoms with Crippen LogP contribution in [0.4, 0.5) is 22.4 Å². The molecular formula is C23H33N7O3. The molecule has 0 spiro atoms. The van der Waals surface area contributed by atoms with Crippen molar-refractivity contribution in [3.63, 3.8) is 0 Å². The second-order valence-corrected chi connectivity index (χ2v) is 9.39. The summed E-state index contributed by atoms with van der Waals surface area (Å²) in [4.78, 5) is 26.3. The van der Waals surface area contributed by atoms with Gasteiger partial charge in [-0.1, -0.05) is 0 Å². The molecule has 10 nitrogen and oxygen atoms in total. The van der Waals surface area contributed by atoms with Gasteiger partial charge in [0.2, 0.25) is 5.95 Å². The number of ether oxygens (including phenoxy) is 2. The molecule has 0 saturated carbocycles. The van der Waals surface area contributed by atoms with Gasteiger partial charge in [0.15, 0.2) is 5.82 Å². The van der Waals surface area contributed by atoms with E-state index < -0.39 is 0 Å². The van der Waals surface area contributed by atoms with Crippen LogP contribution in [0, 0.1) is 6.92 Å². The first kappa shape index (κ1) is 21.9. The van der Waals surface area contributed by atoms with Crippen LogP contribution in [0.3, 0.4) is 0 Å². The molecule has 33 heavy (non-hydrogen) atoms. The van der Waals surface area contributed by atoms with Gasteiger partial charge < -0.3 is 24.6 Å². The van der Waals surface area contributed by atoms with Gasteiger partial charge >= 0.3 is 6.09 Å². The first-order valence-electron chi connectivity index (χ1n) is 11.9. The Hall–Kier alpha value is -2.88. The Kier molecular flexibility index (Phi) is 6.09. The van der Waals surface area contributed by atoms with Crippen LogP contribution in [0.25, 0.3) is 0 Å². The molecule has 1 amide bonds. The normalized spacial score (nSPS) is 26.8. The SMILES string of the molecule is COC(=O)N1[C@@H]2CCC[C@H]1CC(N(C)c1nc(Nc3cc(C)[nH]n3)cc(C3CCCO3)n1)C2. The number of rotatable bonds is 5. The number of hydrogen-bond donors (Lipinski definition) is 2. The van der Waals surface area contributed by atoms with Crippen molar-refractivity contribution in [1.29, 1.82) is 0 Å². The summed E-state index contributed by atoms with van der Waals surface area (Å²) in [5.41, 5.74) is 1.87. The van der Waals surface area contributed by atoms with Crippen molar-refractivity contribution in [1.82, 2.24) is 25.1 Å². The number of aryl methyl sites for hydroxylation is 1. The minimum absolute atomic E-state index is 0.0119. The van der Waals surface area contributed by atoms with Crippen LogP contribution in [0.5, 0.6) is 0 Å². The quantitative estimate of drug-likeness (QED) is 0.703. The van der Waals surface area contributed by atoms with Gasteiger partial charge in [-0.05, 0) is 51.9 Å². The molecule has 3 saturated heterocycles. The molecule has 0 aliphatic carbocycles. The molecule has 4 atom stereocenters. The smallest absolute Gasteiger partial charge is 0.409 e. The molecule has 2 unspecified atom stereocenters. The molecule has 5 heterocycles. The number of amides is 1. The van der Waals surface area contributed by atoms with Gasteiger partial charge in [-0.25, -0.2) is 9.78 Å². The van der Waals surface area contributed by atoms with Gasteiger partial charge in [0.25, 0.3) is 0 Å². The number of hydrogen-bond acceptors (Lipinski definition) is 8. The number of aromatic nitrogens is 4. The largest absolute Gasteiger partial charge is 0.453 e. The summed E-state index contributed by atoms with van der Waals surface area (Å²) in [5, 5.41) is 10.5. The Morgan fingerprint density at radius 2 is 1.97 bits per heavy atom. The van der Waals surface area contributed by atoms with Crippen molar-refractivity contribution < 1.29 is 14.3 Å². The summed E-state index contributed by atoms with van der Waals surface area (Å²) in [6, 6.07) is 4.56. The highest BCUT2D eigenvalue weighted by Gasteiger charge is 2.43. The number of carbonyl (C=O) groups excluding carboxylic acids is 1. The molecule has 2 bridgehead atoms. The van der Waals surface area contributed by atoms with Crippen molar-refractivity contribution in [2.75, 3.05) is 31.0 Å². The van der Waals surface area contributed by atoms with E-state index in [1.165, 1.54) is 7.11 Å². The summed E-state index contributed by atoms with van der Waals surface area (Å²) >= 11 is 0. The van der Waals surface area contributed by atoms with Gasteiger partial charge in [0, 0.05) is 49.6 Å². The summed E-state index contributed by atoms with van der Waals surface area (Å²) in [6.45, 7) is 2.73. The van der Waals surface area contributed by atoms with Crippen LogP contribution in [-0.4, -0.2) is 70.0 Å². The van der Waals surface area contributed by atoms with Crippen molar-refractivity contribution in [3.05, 3.63) is 23.5 Å². The van der Waals surface area contributed by atoms with Crippen molar-refractivity contribution in [2.45, 2.75) is 76.1 Å². The molecule has 178 valence electrons. The molecule has 3 fully saturated rings. The Morgan fingerprint density at radius 1 is 1.18 bits per heavy atom. The Bertz CT molecular complexity index is 976. The van der Waals surface area contributed by atoms with Gasteiger partial charge in [-0.2, -0.15) is 10.1 Å². The number of methoxy groups -OCH3 is 1. The lowest BCUT2D eigenvalue weighted by Crippen LogP contribution is -2.58. The number of aromatic amines is 1. The van der Waals surface area contributed by atoms with Crippen molar-refractivity contribution in [3.8, 4) is 0 Å². The van der Waals surface area contributed by atoms with Crippen molar-refractivity contribution >= 4 is 23.7 Å². The Morgan fingerprint density at radius 3 is 2.61 bits per heavy atom. The highest BCUT2D eigenvalue weighted by Crippen LogP contribution is 2.37. The molecule has 10 heteroatoms. The second-order valence-electron chi connectivity index (χ2n) is 9.39. The van der Waals surface area contributed by atoms with Gasteiger partial charge in [0.05, 0.1) is 18.9 Å². The average molecular weight is 456 g/mol. The van der Waals surface area contributed by atoms with Gasteiger partial charge in [-0.3, -0.25) is 5.10 Å². The number of piperidine rings is 2. The van der Waals surface area contributed by atoms with E-state index in [9.17, 15) is 4.79 Å².